The number of halogens is 1. The highest BCUT2D eigenvalue weighted by Gasteiger charge is 2.09. The van der Waals surface area contributed by atoms with Crippen LogP contribution < -0.4 is 19.6 Å². The zero-order valence-electron chi connectivity index (χ0n) is 14.6. The maximum Gasteiger partial charge on any atom is 0.244 e. The molecule has 1 amide bonds. The first kappa shape index (κ1) is 19.4. The molecule has 0 aromatic heterocycles. The fourth-order valence-corrected chi connectivity index (χ4v) is 2.44. The lowest BCUT2D eigenvalue weighted by molar-refractivity contribution is -0.120. The van der Waals surface area contributed by atoms with Gasteiger partial charge in [-0.3, -0.25) is 4.79 Å². The Morgan fingerprint density at radius 3 is 2.46 bits per heavy atom. The van der Waals surface area contributed by atoms with Gasteiger partial charge < -0.3 is 19.3 Å². The van der Waals surface area contributed by atoms with E-state index in [0.29, 0.717) is 17.1 Å². The first-order valence-electron chi connectivity index (χ1n) is 7.57. The maximum absolute atomic E-state index is 12.0. The molecule has 8 heteroatoms. The number of methoxy groups -OCH3 is 3. The van der Waals surface area contributed by atoms with Crippen LogP contribution in [0.1, 0.15) is 11.1 Å². The highest BCUT2D eigenvalue weighted by molar-refractivity contribution is 6.32. The van der Waals surface area contributed by atoms with Crippen LogP contribution in [0.3, 0.4) is 0 Å². The topological polar surface area (TPSA) is 89.4 Å². The lowest BCUT2D eigenvalue weighted by Gasteiger charge is -2.09. The Morgan fingerprint density at radius 2 is 1.81 bits per heavy atom. The van der Waals surface area contributed by atoms with Crippen molar-refractivity contribution in [3.63, 3.8) is 0 Å². The molecule has 0 atom stereocenters. The second-order valence-electron chi connectivity index (χ2n) is 5.21. The first-order chi connectivity index (χ1) is 12.5. The molecule has 0 unspecified atom stereocenters. The molecule has 7 nitrogen and oxygen atoms in total. The molecule has 0 aliphatic carbocycles. The average molecular weight is 379 g/mol. The Hall–Kier alpha value is -2.93. The van der Waals surface area contributed by atoms with Crippen LogP contribution in [0, 0.1) is 0 Å². The van der Waals surface area contributed by atoms with E-state index in [1.54, 1.807) is 31.4 Å². The zero-order chi connectivity index (χ0) is 19.1. The van der Waals surface area contributed by atoms with Gasteiger partial charge in [-0.05, 0) is 35.4 Å². The number of carbonyl (C=O) groups excluding carboxylic acids is 1. The predicted octanol–water partition coefficient (Wildman–Crippen LogP) is 2.76. The summed E-state index contributed by atoms with van der Waals surface area (Å²) in [6.07, 6.45) is 1.53. The van der Waals surface area contributed by atoms with E-state index < -0.39 is 0 Å². The highest BCUT2D eigenvalue weighted by atomic mass is 35.5. The molecule has 0 bridgehead atoms. The number of carbonyl (C=O) groups is 1. The molecule has 2 aromatic carbocycles. The number of phenolic OH excluding ortho intramolecular Hbond substituents is 1. The number of benzene rings is 2. The van der Waals surface area contributed by atoms with Crippen LogP contribution >= 0.6 is 11.6 Å². The van der Waals surface area contributed by atoms with Crippen LogP contribution in [0.5, 0.6) is 23.0 Å². The van der Waals surface area contributed by atoms with Gasteiger partial charge in [0.2, 0.25) is 5.91 Å². The van der Waals surface area contributed by atoms with Gasteiger partial charge in [0, 0.05) is 0 Å². The number of hydrazone groups is 1. The van der Waals surface area contributed by atoms with Gasteiger partial charge >= 0.3 is 0 Å². The Morgan fingerprint density at radius 1 is 1.12 bits per heavy atom. The van der Waals surface area contributed by atoms with E-state index in [4.69, 9.17) is 25.8 Å². The van der Waals surface area contributed by atoms with Gasteiger partial charge in [-0.1, -0.05) is 17.7 Å². The van der Waals surface area contributed by atoms with Crippen LogP contribution in [0.25, 0.3) is 0 Å². The summed E-state index contributed by atoms with van der Waals surface area (Å²) < 4.78 is 15.4. The first-order valence-corrected chi connectivity index (χ1v) is 7.95. The number of hydrogen-bond donors (Lipinski definition) is 2. The smallest absolute Gasteiger partial charge is 0.244 e. The molecular weight excluding hydrogens is 360 g/mol. The zero-order valence-corrected chi connectivity index (χ0v) is 15.3. The highest BCUT2D eigenvalue weighted by Crippen LogP contribution is 2.34. The Balaban J connectivity index is 2.01. The Kier molecular flexibility index (Phi) is 6.68. The van der Waals surface area contributed by atoms with Crippen LogP contribution in [-0.2, 0) is 11.2 Å². The molecule has 2 N–H and O–H groups in total. The largest absolute Gasteiger partial charge is 0.503 e. The minimum atomic E-state index is -0.301. The number of ether oxygens (including phenoxy) is 3. The molecule has 0 heterocycles. The maximum atomic E-state index is 12.0. The third-order valence-electron chi connectivity index (χ3n) is 3.49. The third kappa shape index (κ3) is 4.80. The summed E-state index contributed by atoms with van der Waals surface area (Å²) in [7, 11) is 4.49. The van der Waals surface area contributed by atoms with Gasteiger partial charge in [-0.15, -0.1) is 0 Å². The molecule has 0 fully saturated rings. The third-order valence-corrected chi connectivity index (χ3v) is 3.77. The van der Waals surface area contributed by atoms with E-state index in [-0.39, 0.29) is 28.8 Å². The number of amides is 1. The van der Waals surface area contributed by atoms with Gasteiger partial charge in [-0.2, -0.15) is 5.10 Å². The lowest BCUT2D eigenvalue weighted by atomic mass is 10.1. The van der Waals surface area contributed by atoms with Crippen molar-refractivity contribution in [1.29, 1.82) is 0 Å². The van der Waals surface area contributed by atoms with E-state index in [2.05, 4.69) is 10.5 Å². The van der Waals surface area contributed by atoms with Crippen molar-refractivity contribution in [2.45, 2.75) is 6.42 Å². The summed E-state index contributed by atoms with van der Waals surface area (Å²) in [5, 5.41) is 13.7. The lowest BCUT2D eigenvalue weighted by Crippen LogP contribution is -2.19. The number of aromatic hydroxyl groups is 1. The van der Waals surface area contributed by atoms with Gasteiger partial charge in [0.25, 0.3) is 0 Å². The Labute approximate surface area is 156 Å². The summed E-state index contributed by atoms with van der Waals surface area (Å²) in [5.41, 5.74) is 3.75. The Bertz CT molecular complexity index is 823. The number of rotatable bonds is 7. The van der Waals surface area contributed by atoms with Gasteiger partial charge in [-0.25, -0.2) is 5.43 Å². The second-order valence-corrected chi connectivity index (χ2v) is 5.62. The standard InChI is InChI=1S/C18H19ClN2O5/c1-24-14-5-4-11(7-15(14)25-2)9-17(22)21-20-10-12-6-13(19)18(23)16(8-12)26-3/h4-8,10,23H,9H2,1-3H3,(H,21,22). The van der Waals surface area contributed by atoms with E-state index in [9.17, 15) is 9.90 Å². The summed E-state index contributed by atoms with van der Waals surface area (Å²) in [5.74, 6) is 0.907. The predicted molar refractivity (Wildman–Crippen MR) is 98.7 cm³/mol. The molecule has 138 valence electrons. The fraction of sp³-hybridized carbons (Fsp3) is 0.222. The van der Waals surface area contributed by atoms with Crippen molar-refractivity contribution in [1.82, 2.24) is 5.43 Å². The van der Waals surface area contributed by atoms with Crippen molar-refractivity contribution >= 4 is 23.7 Å². The summed E-state index contributed by atoms with van der Waals surface area (Å²) in [6.45, 7) is 0. The molecular formula is C18H19ClN2O5. The quantitative estimate of drug-likeness (QED) is 0.571. The molecule has 2 rings (SSSR count). The SMILES string of the molecule is COc1ccc(CC(=O)NN=Cc2cc(Cl)c(O)c(OC)c2)cc1OC. The molecule has 0 radical (unpaired) electrons. The van der Waals surface area contributed by atoms with Crippen LogP contribution in [-0.4, -0.2) is 38.6 Å². The number of nitrogens with zero attached hydrogens (tertiary/aromatic N) is 1. The molecule has 0 saturated carbocycles. The molecule has 0 aliphatic heterocycles. The van der Waals surface area contributed by atoms with E-state index in [0.717, 1.165) is 5.56 Å². The number of hydrogen-bond acceptors (Lipinski definition) is 6. The molecule has 0 saturated heterocycles. The monoisotopic (exact) mass is 378 g/mol. The van der Waals surface area contributed by atoms with Crippen molar-refractivity contribution < 1.29 is 24.1 Å². The average Bonchev–Trinajstić information content (AvgIpc) is 2.64. The van der Waals surface area contributed by atoms with Gasteiger partial charge in [0.1, 0.15) is 0 Å². The van der Waals surface area contributed by atoms with Crippen molar-refractivity contribution in [3.05, 3.63) is 46.5 Å². The minimum absolute atomic E-state index is 0.122. The van der Waals surface area contributed by atoms with Crippen LogP contribution in [0.4, 0.5) is 0 Å². The fourth-order valence-electron chi connectivity index (χ4n) is 2.22. The van der Waals surface area contributed by atoms with Crippen molar-refractivity contribution in [3.8, 4) is 23.0 Å². The molecule has 26 heavy (non-hydrogen) atoms. The van der Waals surface area contributed by atoms with E-state index in [1.165, 1.54) is 26.5 Å². The van der Waals surface area contributed by atoms with Crippen LogP contribution in [0.2, 0.25) is 5.02 Å². The van der Waals surface area contributed by atoms with Gasteiger partial charge in [0.15, 0.2) is 23.0 Å². The van der Waals surface area contributed by atoms with Crippen LogP contribution in [0.15, 0.2) is 35.4 Å². The number of phenols is 1. The van der Waals surface area contributed by atoms with E-state index >= 15 is 0 Å². The molecule has 2 aromatic rings. The van der Waals surface area contributed by atoms with Gasteiger partial charge in [0.05, 0.1) is 39.0 Å². The number of nitrogens with one attached hydrogen (secondary N) is 1. The normalized spacial score (nSPS) is 10.6. The summed E-state index contributed by atoms with van der Waals surface area (Å²) in [6, 6.07) is 8.28. The van der Waals surface area contributed by atoms with Crippen molar-refractivity contribution in [2.24, 2.45) is 5.10 Å². The molecule has 0 aliphatic rings. The molecule has 0 spiro atoms. The van der Waals surface area contributed by atoms with E-state index in [1.807, 2.05) is 0 Å². The minimum Gasteiger partial charge on any atom is -0.503 e. The summed E-state index contributed by atoms with van der Waals surface area (Å²) in [4.78, 5) is 12.0. The second kappa shape index (κ2) is 8.96. The van der Waals surface area contributed by atoms with Crippen molar-refractivity contribution in [2.75, 3.05) is 21.3 Å². The summed E-state index contributed by atoms with van der Waals surface area (Å²) >= 11 is 5.90.